The van der Waals surface area contributed by atoms with Crippen LogP contribution in [0, 0.1) is 0 Å². The summed E-state index contributed by atoms with van der Waals surface area (Å²) in [7, 11) is 0. The molecule has 6 nitrogen and oxygen atoms in total. The van der Waals surface area contributed by atoms with Crippen molar-refractivity contribution >= 4 is 11.8 Å². The molecule has 0 radical (unpaired) electrons. The Morgan fingerprint density at radius 1 is 1.04 bits per heavy atom. The SMILES string of the molecule is O=C(COc1ccccc1)NC1CCN(C(=O)c2ccccc2O)CC1. The fourth-order valence-corrected chi connectivity index (χ4v) is 2.99. The minimum Gasteiger partial charge on any atom is -0.507 e. The number of likely N-dealkylation sites (tertiary alicyclic amines) is 1. The lowest BCUT2D eigenvalue weighted by atomic mass is 10.0. The van der Waals surface area contributed by atoms with Crippen molar-refractivity contribution < 1.29 is 19.4 Å². The Bertz CT molecular complexity index is 755. The number of nitrogens with one attached hydrogen (secondary N) is 1. The van der Waals surface area contributed by atoms with Gasteiger partial charge >= 0.3 is 0 Å². The monoisotopic (exact) mass is 354 g/mol. The van der Waals surface area contributed by atoms with Gasteiger partial charge in [-0.3, -0.25) is 9.59 Å². The van der Waals surface area contributed by atoms with Gasteiger partial charge in [0.05, 0.1) is 5.56 Å². The highest BCUT2D eigenvalue weighted by Crippen LogP contribution is 2.20. The number of nitrogens with zero attached hydrogens (tertiary/aromatic N) is 1. The number of para-hydroxylation sites is 2. The first-order valence-electron chi connectivity index (χ1n) is 8.68. The Kier molecular flexibility index (Phi) is 5.73. The van der Waals surface area contributed by atoms with Crippen molar-refractivity contribution in [1.29, 1.82) is 0 Å². The first-order valence-corrected chi connectivity index (χ1v) is 8.68. The van der Waals surface area contributed by atoms with Crippen molar-refractivity contribution in [3.05, 3.63) is 60.2 Å². The highest BCUT2D eigenvalue weighted by molar-refractivity contribution is 5.96. The van der Waals surface area contributed by atoms with Crippen LogP contribution in [0.2, 0.25) is 0 Å². The Labute approximate surface area is 152 Å². The number of phenols is 1. The van der Waals surface area contributed by atoms with Gasteiger partial charge in [0.15, 0.2) is 6.61 Å². The van der Waals surface area contributed by atoms with Crippen LogP contribution in [0.15, 0.2) is 54.6 Å². The van der Waals surface area contributed by atoms with Crippen LogP contribution in [0.5, 0.6) is 11.5 Å². The lowest BCUT2D eigenvalue weighted by Crippen LogP contribution is -2.47. The van der Waals surface area contributed by atoms with Gasteiger partial charge in [-0.15, -0.1) is 0 Å². The molecule has 0 aliphatic carbocycles. The molecule has 0 bridgehead atoms. The van der Waals surface area contributed by atoms with Crippen LogP contribution in [0.25, 0.3) is 0 Å². The quantitative estimate of drug-likeness (QED) is 0.863. The van der Waals surface area contributed by atoms with E-state index in [4.69, 9.17) is 4.74 Å². The molecule has 1 saturated heterocycles. The molecule has 6 heteroatoms. The van der Waals surface area contributed by atoms with Crippen molar-refractivity contribution in [2.75, 3.05) is 19.7 Å². The molecule has 136 valence electrons. The summed E-state index contributed by atoms with van der Waals surface area (Å²) in [6, 6.07) is 15.8. The molecule has 0 atom stereocenters. The Balaban J connectivity index is 1.44. The first-order chi connectivity index (χ1) is 12.6. The Morgan fingerprint density at radius 3 is 2.38 bits per heavy atom. The zero-order chi connectivity index (χ0) is 18.4. The summed E-state index contributed by atoms with van der Waals surface area (Å²) in [5, 5.41) is 12.8. The van der Waals surface area contributed by atoms with Gasteiger partial charge in [0, 0.05) is 19.1 Å². The van der Waals surface area contributed by atoms with E-state index in [1.54, 1.807) is 35.2 Å². The number of phenolic OH excluding ortho intramolecular Hbond substituents is 1. The van der Waals surface area contributed by atoms with Crippen molar-refractivity contribution in [3.8, 4) is 11.5 Å². The summed E-state index contributed by atoms with van der Waals surface area (Å²) in [5.41, 5.74) is 0.311. The van der Waals surface area contributed by atoms with Gasteiger partial charge in [-0.2, -0.15) is 0 Å². The summed E-state index contributed by atoms with van der Waals surface area (Å²) >= 11 is 0. The largest absolute Gasteiger partial charge is 0.507 e. The molecule has 0 unspecified atom stereocenters. The second-order valence-electron chi connectivity index (χ2n) is 6.25. The molecule has 1 heterocycles. The average molecular weight is 354 g/mol. The standard InChI is InChI=1S/C20H22N2O4/c23-18-9-5-4-8-17(18)20(25)22-12-10-15(11-13-22)21-19(24)14-26-16-6-2-1-3-7-16/h1-9,15,23H,10-14H2,(H,21,24). The maximum Gasteiger partial charge on any atom is 0.258 e. The van der Waals surface area contributed by atoms with E-state index in [0.717, 1.165) is 0 Å². The smallest absolute Gasteiger partial charge is 0.258 e. The summed E-state index contributed by atoms with van der Waals surface area (Å²) in [4.78, 5) is 26.2. The third-order valence-electron chi connectivity index (χ3n) is 4.39. The van der Waals surface area contributed by atoms with Crippen LogP contribution in [-0.2, 0) is 4.79 Å². The number of amides is 2. The molecule has 2 aromatic rings. The fourth-order valence-electron chi connectivity index (χ4n) is 2.99. The Morgan fingerprint density at radius 2 is 1.69 bits per heavy atom. The van der Waals surface area contributed by atoms with Gasteiger partial charge in [-0.1, -0.05) is 30.3 Å². The second-order valence-corrected chi connectivity index (χ2v) is 6.25. The van der Waals surface area contributed by atoms with Crippen LogP contribution < -0.4 is 10.1 Å². The van der Waals surface area contributed by atoms with E-state index in [9.17, 15) is 14.7 Å². The summed E-state index contributed by atoms with van der Waals surface area (Å²) in [6.07, 6.45) is 1.35. The summed E-state index contributed by atoms with van der Waals surface area (Å²) < 4.78 is 5.44. The number of piperidine rings is 1. The third-order valence-corrected chi connectivity index (χ3v) is 4.39. The number of hydrogen-bond donors (Lipinski definition) is 2. The molecular weight excluding hydrogens is 332 g/mol. The van der Waals surface area contributed by atoms with Gasteiger partial charge in [-0.25, -0.2) is 0 Å². The molecule has 0 spiro atoms. The number of hydrogen-bond acceptors (Lipinski definition) is 4. The number of carbonyl (C=O) groups is 2. The van der Waals surface area contributed by atoms with Crippen molar-refractivity contribution in [2.45, 2.75) is 18.9 Å². The molecule has 0 saturated carbocycles. The second kappa shape index (κ2) is 8.38. The first kappa shape index (κ1) is 17.8. The number of benzene rings is 2. The molecule has 2 aromatic carbocycles. The molecule has 1 aliphatic rings. The summed E-state index contributed by atoms with van der Waals surface area (Å²) in [5.74, 6) is 0.302. The molecule has 26 heavy (non-hydrogen) atoms. The fraction of sp³-hybridized carbons (Fsp3) is 0.300. The van der Waals surface area contributed by atoms with Gasteiger partial charge in [0.1, 0.15) is 11.5 Å². The van der Waals surface area contributed by atoms with Gasteiger partial charge in [-0.05, 0) is 37.1 Å². The number of aromatic hydroxyl groups is 1. The molecule has 3 rings (SSSR count). The number of rotatable bonds is 5. The molecular formula is C20H22N2O4. The molecule has 0 aromatic heterocycles. The van der Waals surface area contributed by atoms with Crippen LogP contribution >= 0.6 is 0 Å². The van der Waals surface area contributed by atoms with Crippen molar-refractivity contribution in [3.63, 3.8) is 0 Å². The van der Waals surface area contributed by atoms with Crippen molar-refractivity contribution in [2.24, 2.45) is 0 Å². The predicted molar refractivity (Wildman–Crippen MR) is 97.1 cm³/mol. The number of ether oxygens (including phenoxy) is 1. The zero-order valence-electron chi connectivity index (χ0n) is 14.4. The van der Waals surface area contributed by atoms with Gasteiger partial charge in [0.25, 0.3) is 11.8 Å². The van der Waals surface area contributed by atoms with Crippen LogP contribution in [0.3, 0.4) is 0 Å². The van der Waals surface area contributed by atoms with Gasteiger partial charge in [0.2, 0.25) is 0 Å². The minimum atomic E-state index is -0.180. The maximum atomic E-state index is 12.5. The molecule has 1 aliphatic heterocycles. The van der Waals surface area contributed by atoms with Crippen LogP contribution in [0.1, 0.15) is 23.2 Å². The lowest BCUT2D eigenvalue weighted by molar-refractivity contribution is -0.124. The van der Waals surface area contributed by atoms with E-state index in [1.807, 2.05) is 18.2 Å². The summed E-state index contributed by atoms with van der Waals surface area (Å²) in [6.45, 7) is 1.05. The molecule has 2 N–H and O–H groups in total. The molecule has 2 amide bonds. The normalized spacial score (nSPS) is 14.7. The number of carbonyl (C=O) groups excluding carboxylic acids is 2. The van der Waals surface area contributed by atoms with Gasteiger partial charge < -0.3 is 20.1 Å². The maximum absolute atomic E-state index is 12.5. The average Bonchev–Trinajstić information content (AvgIpc) is 2.68. The van der Waals surface area contributed by atoms with E-state index in [2.05, 4.69) is 5.32 Å². The minimum absolute atomic E-state index is 0.00835. The Hall–Kier alpha value is -3.02. The van der Waals surface area contributed by atoms with E-state index in [1.165, 1.54) is 6.07 Å². The predicted octanol–water partition coefficient (Wildman–Crippen LogP) is 2.19. The topological polar surface area (TPSA) is 78.9 Å². The van der Waals surface area contributed by atoms with E-state index in [-0.39, 0.29) is 30.2 Å². The van der Waals surface area contributed by atoms with Crippen LogP contribution in [0.4, 0.5) is 0 Å². The molecule has 1 fully saturated rings. The van der Waals surface area contributed by atoms with E-state index >= 15 is 0 Å². The third kappa shape index (κ3) is 4.53. The highest BCUT2D eigenvalue weighted by Gasteiger charge is 2.25. The lowest BCUT2D eigenvalue weighted by Gasteiger charge is -2.32. The van der Waals surface area contributed by atoms with E-state index in [0.29, 0.717) is 37.2 Å². The highest BCUT2D eigenvalue weighted by atomic mass is 16.5. The zero-order valence-corrected chi connectivity index (χ0v) is 14.4. The van der Waals surface area contributed by atoms with E-state index < -0.39 is 0 Å². The van der Waals surface area contributed by atoms with Crippen LogP contribution in [-0.4, -0.2) is 47.6 Å². The van der Waals surface area contributed by atoms with Crippen molar-refractivity contribution in [1.82, 2.24) is 10.2 Å².